The number of nitrogens with one attached hydrogen (secondary N) is 2. The second-order valence-electron chi connectivity index (χ2n) is 16.7. The first-order chi connectivity index (χ1) is 27.8. The van der Waals surface area contributed by atoms with Crippen molar-refractivity contribution in [3.05, 3.63) is 82.9 Å². The lowest BCUT2D eigenvalue weighted by Crippen LogP contribution is -2.54. The highest BCUT2D eigenvalue weighted by atomic mass is 16.3. The summed E-state index contributed by atoms with van der Waals surface area (Å²) in [4.78, 5) is 74.3. The third kappa shape index (κ3) is 6.89. The van der Waals surface area contributed by atoms with Crippen LogP contribution in [0.1, 0.15) is 101 Å². The average molecular weight is 787 g/mol. The molecule has 0 bridgehead atoms. The molecule has 0 saturated carbocycles. The van der Waals surface area contributed by atoms with E-state index in [1.54, 1.807) is 36.7 Å². The van der Waals surface area contributed by atoms with E-state index < -0.39 is 35.3 Å². The molecule has 58 heavy (non-hydrogen) atoms. The van der Waals surface area contributed by atoms with E-state index in [4.69, 9.17) is 5.10 Å². The first-order valence-corrected chi connectivity index (χ1v) is 20.0. The number of likely N-dealkylation sites (tertiary alicyclic amines) is 1. The number of imide groups is 2. The first kappa shape index (κ1) is 37.6. The number of carbonyl (C=O) groups excluding carboxylic acids is 5. The van der Waals surface area contributed by atoms with Gasteiger partial charge in [0.05, 0.1) is 34.5 Å². The summed E-state index contributed by atoms with van der Waals surface area (Å²) >= 11 is 0. The predicted molar refractivity (Wildman–Crippen MR) is 213 cm³/mol. The molecular weight excluding hydrogens is 741 g/mol. The molecule has 5 amide bonds. The summed E-state index contributed by atoms with van der Waals surface area (Å²) in [5, 5.41) is 26.5. The second kappa shape index (κ2) is 14.4. The fourth-order valence-electron chi connectivity index (χ4n) is 8.97. The molecule has 0 radical (unpaired) electrons. The van der Waals surface area contributed by atoms with Crippen molar-refractivity contribution in [1.29, 1.82) is 0 Å². The molecule has 3 aromatic heterocycles. The van der Waals surface area contributed by atoms with Crippen molar-refractivity contribution in [2.24, 2.45) is 5.92 Å². The van der Waals surface area contributed by atoms with Crippen molar-refractivity contribution in [2.75, 3.05) is 42.9 Å². The number of aliphatic hydroxyl groups is 1. The molecule has 1 unspecified atom stereocenters. The maximum Gasteiger partial charge on any atom is 0.262 e. The van der Waals surface area contributed by atoms with Gasteiger partial charge in [0, 0.05) is 80.1 Å². The monoisotopic (exact) mass is 786 g/mol. The van der Waals surface area contributed by atoms with Crippen molar-refractivity contribution < 1.29 is 29.1 Å². The number of hydrogen-bond acceptors (Lipinski definition) is 11. The van der Waals surface area contributed by atoms with Gasteiger partial charge in [-0.1, -0.05) is 0 Å². The topological polar surface area (TPSA) is 187 Å². The van der Waals surface area contributed by atoms with E-state index in [1.165, 1.54) is 6.20 Å². The van der Waals surface area contributed by atoms with E-state index in [0.29, 0.717) is 39.5 Å². The molecule has 5 aromatic rings. The van der Waals surface area contributed by atoms with Gasteiger partial charge in [-0.15, -0.1) is 0 Å². The molecule has 0 aliphatic carbocycles. The Kier molecular flexibility index (Phi) is 9.35. The van der Waals surface area contributed by atoms with Crippen molar-refractivity contribution in [3.8, 4) is 0 Å². The summed E-state index contributed by atoms with van der Waals surface area (Å²) in [7, 11) is 0. The summed E-state index contributed by atoms with van der Waals surface area (Å²) < 4.78 is 3.62. The van der Waals surface area contributed by atoms with Crippen LogP contribution in [0.4, 0.5) is 11.4 Å². The third-order valence-corrected chi connectivity index (χ3v) is 12.1. The number of carbonyl (C=O) groups is 5. The molecule has 7 heterocycles. The third-order valence-electron chi connectivity index (χ3n) is 12.1. The lowest BCUT2D eigenvalue weighted by Gasteiger charge is -2.38. The molecule has 1 atom stereocenters. The predicted octanol–water partition coefficient (Wildman–Crippen LogP) is 3.82. The molecular formula is C42H46N10O6. The van der Waals surface area contributed by atoms with Crippen LogP contribution < -0.4 is 15.5 Å². The first-order valence-electron chi connectivity index (χ1n) is 20.0. The lowest BCUT2D eigenvalue weighted by molar-refractivity contribution is -0.136. The number of fused-ring (bicyclic) bond motifs is 3. The smallest absolute Gasteiger partial charge is 0.262 e. The zero-order valence-corrected chi connectivity index (χ0v) is 32.8. The molecule has 3 fully saturated rings. The molecule has 0 spiro atoms. The Morgan fingerprint density at radius 3 is 2.43 bits per heavy atom. The molecule has 16 heteroatoms. The maximum absolute atomic E-state index is 13.5. The zero-order chi connectivity index (χ0) is 40.5. The highest BCUT2D eigenvalue weighted by Gasteiger charge is 2.45. The fourth-order valence-corrected chi connectivity index (χ4v) is 8.97. The van der Waals surface area contributed by atoms with Crippen LogP contribution in [0.2, 0.25) is 0 Å². The Labute approximate surface area is 334 Å². The maximum atomic E-state index is 13.5. The molecule has 4 aliphatic rings. The van der Waals surface area contributed by atoms with Crippen LogP contribution in [0.3, 0.4) is 0 Å². The Bertz CT molecular complexity index is 2500. The quantitative estimate of drug-likeness (QED) is 0.194. The van der Waals surface area contributed by atoms with Gasteiger partial charge in [0.15, 0.2) is 5.65 Å². The molecule has 2 aromatic carbocycles. The summed E-state index contributed by atoms with van der Waals surface area (Å²) in [6.45, 7) is 9.89. The van der Waals surface area contributed by atoms with Crippen molar-refractivity contribution in [3.63, 3.8) is 0 Å². The normalized spacial score (nSPS) is 20.0. The van der Waals surface area contributed by atoms with Crippen LogP contribution >= 0.6 is 0 Å². The standard InChI is InChI=1S/C42H46N10O6/c1-24-19-43-37-31(20-44-51(37)21-24)38(54)45-34-16-26-23-50(47-33(26)18-32(34)42(2,3)58)27-10-12-48(13-11-27)22-25-8-14-49(15-9-25)28-4-5-29-30(17-28)41(57)52(40(29)56)35-6-7-36(53)46-39(35)55/h4-5,16-21,23,25,27,35,58H,6-15,22H2,1-3H3,(H,45,54)(H,46,53,55). The number of anilines is 2. The Hall–Kier alpha value is -6.00. The minimum Gasteiger partial charge on any atom is -0.386 e. The van der Waals surface area contributed by atoms with Gasteiger partial charge in [0.1, 0.15) is 11.6 Å². The SMILES string of the molecule is Cc1cnc2c(C(=O)Nc3cc4cn(C5CCN(CC6CCN(c7ccc8c(c7)C(=O)N(C7CCC(=O)NC7=O)C8=O)CC6)CC5)nc4cc3C(C)(C)O)cnn2c1. The number of aromatic nitrogens is 5. The van der Waals surface area contributed by atoms with Gasteiger partial charge in [-0.2, -0.15) is 10.2 Å². The number of benzene rings is 2. The number of piperidine rings is 3. The summed E-state index contributed by atoms with van der Waals surface area (Å²) in [5.74, 6) is -1.81. The van der Waals surface area contributed by atoms with Gasteiger partial charge in [-0.3, -0.25) is 38.9 Å². The van der Waals surface area contributed by atoms with Crippen LogP contribution in [0, 0.1) is 12.8 Å². The van der Waals surface area contributed by atoms with Gasteiger partial charge in [0.25, 0.3) is 17.7 Å². The van der Waals surface area contributed by atoms with Crippen molar-refractivity contribution in [1.82, 2.24) is 39.5 Å². The molecule has 4 aliphatic heterocycles. The zero-order valence-electron chi connectivity index (χ0n) is 32.8. The van der Waals surface area contributed by atoms with Crippen LogP contribution in [0.15, 0.2) is 55.1 Å². The number of nitrogens with zero attached hydrogens (tertiary/aromatic N) is 8. The second-order valence-corrected chi connectivity index (χ2v) is 16.7. The number of rotatable bonds is 8. The van der Waals surface area contributed by atoms with Crippen LogP contribution in [0.25, 0.3) is 16.6 Å². The highest BCUT2D eigenvalue weighted by molar-refractivity contribution is 6.23. The Morgan fingerprint density at radius 2 is 1.69 bits per heavy atom. The van der Waals surface area contributed by atoms with Gasteiger partial charge in [-0.05, 0) is 94.7 Å². The average Bonchev–Trinajstić information content (AvgIpc) is 3.88. The Balaban J connectivity index is 0.804. The van der Waals surface area contributed by atoms with E-state index in [-0.39, 0.29) is 24.8 Å². The molecule has 9 rings (SSSR count). The summed E-state index contributed by atoms with van der Waals surface area (Å²) in [6.07, 6.45) is 11.2. The summed E-state index contributed by atoms with van der Waals surface area (Å²) in [5.41, 5.74) is 3.80. The molecule has 300 valence electrons. The largest absolute Gasteiger partial charge is 0.386 e. The van der Waals surface area contributed by atoms with Crippen LogP contribution in [-0.4, -0.2) is 108 Å². The van der Waals surface area contributed by atoms with Gasteiger partial charge in [-0.25, -0.2) is 9.50 Å². The van der Waals surface area contributed by atoms with Gasteiger partial charge < -0.3 is 20.2 Å². The van der Waals surface area contributed by atoms with E-state index in [9.17, 15) is 29.1 Å². The number of aryl methyl sites for hydroxylation is 1. The Morgan fingerprint density at radius 1 is 0.931 bits per heavy atom. The van der Waals surface area contributed by atoms with Crippen LogP contribution in [-0.2, 0) is 15.2 Å². The molecule has 16 nitrogen and oxygen atoms in total. The molecule has 3 N–H and O–H groups in total. The minimum absolute atomic E-state index is 0.0880. The van der Waals surface area contributed by atoms with Crippen molar-refractivity contribution >= 4 is 57.5 Å². The number of amides is 5. The van der Waals surface area contributed by atoms with E-state index >= 15 is 0 Å². The molecule has 3 saturated heterocycles. The lowest BCUT2D eigenvalue weighted by atomic mass is 9.94. The van der Waals surface area contributed by atoms with E-state index in [1.807, 2.05) is 42.2 Å². The fraction of sp³-hybridized carbons (Fsp3) is 0.429. The van der Waals surface area contributed by atoms with E-state index in [2.05, 4.69) is 30.5 Å². The van der Waals surface area contributed by atoms with Gasteiger partial charge in [0.2, 0.25) is 11.8 Å². The van der Waals surface area contributed by atoms with Gasteiger partial charge >= 0.3 is 0 Å². The van der Waals surface area contributed by atoms with Crippen molar-refractivity contribution in [2.45, 2.75) is 77.0 Å². The highest BCUT2D eigenvalue weighted by Crippen LogP contribution is 2.35. The number of hydrogen-bond donors (Lipinski definition) is 3. The van der Waals surface area contributed by atoms with Crippen LogP contribution in [0.5, 0.6) is 0 Å². The van der Waals surface area contributed by atoms with E-state index in [0.717, 1.165) is 85.5 Å². The summed E-state index contributed by atoms with van der Waals surface area (Å²) in [6, 6.07) is 8.32. The minimum atomic E-state index is -1.24.